The van der Waals surface area contributed by atoms with Gasteiger partial charge in [-0.25, -0.2) is 0 Å². The van der Waals surface area contributed by atoms with Crippen LogP contribution in [0.5, 0.6) is 0 Å². The number of aromatic nitrogens is 1. The largest absolute Gasteiger partial charge is 0.377 e. The van der Waals surface area contributed by atoms with Crippen LogP contribution in [0.2, 0.25) is 0 Å². The summed E-state index contributed by atoms with van der Waals surface area (Å²) in [5, 5.41) is 4.07. The Balaban J connectivity index is 1.58. The van der Waals surface area contributed by atoms with Crippen molar-refractivity contribution >= 4 is 5.91 Å². The number of hydrogen-bond donors (Lipinski definition) is 0. The quantitative estimate of drug-likeness (QED) is 0.842. The Morgan fingerprint density at radius 1 is 1.50 bits per heavy atom. The van der Waals surface area contributed by atoms with Crippen molar-refractivity contribution in [2.75, 3.05) is 33.8 Å². The van der Waals surface area contributed by atoms with Gasteiger partial charge in [0.05, 0.1) is 24.3 Å². The number of likely N-dealkylation sites (tertiary alicyclic amines) is 1. The van der Waals surface area contributed by atoms with Crippen molar-refractivity contribution in [3.63, 3.8) is 0 Å². The predicted molar refractivity (Wildman–Crippen MR) is 81.2 cm³/mol. The lowest BCUT2D eigenvalue weighted by atomic mass is 9.83. The van der Waals surface area contributed by atoms with E-state index in [1.54, 1.807) is 4.90 Å². The van der Waals surface area contributed by atoms with E-state index < -0.39 is 0 Å². The Morgan fingerprint density at radius 2 is 2.32 bits per heavy atom. The zero-order chi connectivity index (χ0) is 15.7. The maximum Gasteiger partial charge on any atom is 0.227 e. The lowest BCUT2D eigenvalue weighted by Crippen LogP contribution is -2.50. The van der Waals surface area contributed by atoms with E-state index in [4.69, 9.17) is 9.26 Å². The van der Waals surface area contributed by atoms with Gasteiger partial charge in [0.1, 0.15) is 5.76 Å². The van der Waals surface area contributed by atoms with E-state index in [1.807, 2.05) is 27.1 Å². The molecule has 0 saturated carbocycles. The summed E-state index contributed by atoms with van der Waals surface area (Å²) in [4.78, 5) is 16.2. The summed E-state index contributed by atoms with van der Waals surface area (Å²) in [6, 6.07) is 1.99. The molecule has 0 unspecified atom stereocenters. The second kappa shape index (κ2) is 6.38. The van der Waals surface area contributed by atoms with Crippen LogP contribution in [0.15, 0.2) is 10.6 Å². The minimum atomic E-state index is 0.00509. The van der Waals surface area contributed by atoms with Crippen LogP contribution < -0.4 is 0 Å². The fourth-order valence-corrected chi connectivity index (χ4v) is 3.61. The van der Waals surface area contributed by atoms with Crippen LogP contribution >= 0.6 is 0 Å². The van der Waals surface area contributed by atoms with Gasteiger partial charge < -0.3 is 14.2 Å². The Hall–Kier alpha value is -1.40. The average Bonchev–Trinajstić information content (AvgIpc) is 2.90. The smallest absolute Gasteiger partial charge is 0.227 e. The topological polar surface area (TPSA) is 58.8 Å². The Bertz CT molecular complexity index is 528. The van der Waals surface area contributed by atoms with Gasteiger partial charge >= 0.3 is 0 Å². The van der Waals surface area contributed by atoms with Crippen LogP contribution in [0.3, 0.4) is 0 Å². The number of carbonyl (C=O) groups is 1. The van der Waals surface area contributed by atoms with E-state index in [1.165, 1.54) is 0 Å². The SMILES string of the molecule is Cc1cc(CN2CC[C@@H]3OC[C@H](C(=O)N(C)C)C[C@@H]3C2)no1. The highest BCUT2D eigenvalue weighted by Crippen LogP contribution is 2.32. The molecule has 122 valence electrons. The van der Waals surface area contributed by atoms with Gasteiger partial charge in [0.2, 0.25) is 5.91 Å². The van der Waals surface area contributed by atoms with Crippen LogP contribution in [0.1, 0.15) is 24.3 Å². The maximum atomic E-state index is 12.2. The van der Waals surface area contributed by atoms with Crippen molar-refractivity contribution in [3.05, 3.63) is 17.5 Å². The van der Waals surface area contributed by atoms with Crippen molar-refractivity contribution in [2.24, 2.45) is 11.8 Å². The van der Waals surface area contributed by atoms with Crippen LogP contribution in [-0.4, -0.2) is 60.8 Å². The van der Waals surface area contributed by atoms with Crippen LogP contribution in [0, 0.1) is 18.8 Å². The molecule has 3 rings (SSSR count). The molecule has 22 heavy (non-hydrogen) atoms. The van der Waals surface area contributed by atoms with E-state index >= 15 is 0 Å². The summed E-state index contributed by atoms with van der Waals surface area (Å²) >= 11 is 0. The first kappa shape index (κ1) is 15.5. The minimum Gasteiger partial charge on any atom is -0.377 e. The van der Waals surface area contributed by atoms with Crippen molar-refractivity contribution in [1.29, 1.82) is 0 Å². The van der Waals surface area contributed by atoms with E-state index in [9.17, 15) is 4.79 Å². The first-order valence-electron chi connectivity index (χ1n) is 8.00. The number of hydrogen-bond acceptors (Lipinski definition) is 5. The van der Waals surface area contributed by atoms with Gasteiger partial charge in [0.25, 0.3) is 0 Å². The second-order valence-corrected chi connectivity index (χ2v) is 6.75. The van der Waals surface area contributed by atoms with Gasteiger partial charge in [-0.1, -0.05) is 5.16 Å². The molecule has 0 aromatic carbocycles. The molecule has 1 aromatic rings. The molecule has 0 aliphatic carbocycles. The van der Waals surface area contributed by atoms with Gasteiger partial charge in [-0.3, -0.25) is 9.69 Å². The van der Waals surface area contributed by atoms with E-state index in [2.05, 4.69) is 10.1 Å². The van der Waals surface area contributed by atoms with Gasteiger partial charge in [-0.2, -0.15) is 0 Å². The van der Waals surface area contributed by atoms with E-state index in [0.717, 1.165) is 43.9 Å². The third-order valence-corrected chi connectivity index (χ3v) is 4.70. The second-order valence-electron chi connectivity index (χ2n) is 6.75. The molecule has 1 aromatic heterocycles. The number of nitrogens with zero attached hydrogens (tertiary/aromatic N) is 3. The fourth-order valence-electron chi connectivity index (χ4n) is 3.61. The van der Waals surface area contributed by atoms with E-state index in [0.29, 0.717) is 18.6 Å². The third kappa shape index (κ3) is 3.33. The number of rotatable bonds is 3. The summed E-state index contributed by atoms with van der Waals surface area (Å²) in [6.45, 7) is 5.27. The molecule has 0 N–H and O–H groups in total. The van der Waals surface area contributed by atoms with Gasteiger partial charge in [-0.15, -0.1) is 0 Å². The molecule has 3 heterocycles. The van der Waals surface area contributed by atoms with Crippen molar-refractivity contribution in [2.45, 2.75) is 32.4 Å². The monoisotopic (exact) mass is 307 g/mol. The van der Waals surface area contributed by atoms with Crippen LogP contribution in [-0.2, 0) is 16.1 Å². The normalized spacial score (nSPS) is 29.1. The molecule has 6 heteroatoms. The van der Waals surface area contributed by atoms with Crippen molar-refractivity contribution < 1.29 is 14.1 Å². The zero-order valence-electron chi connectivity index (χ0n) is 13.6. The third-order valence-electron chi connectivity index (χ3n) is 4.70. The summed E-state index contributed by atoms with van der Waals surface area (Å²) in [6.07, 6.45) is 2.27. The molecule has 2 aliphatic rings. The molecule has 6 nitrogen and oxygen atoms in total. The number of amides is 1. The molecule has 3 atom stereocenters. The summed E-state index contributed by atoms with van der Waals surface area (Å²) in [5.74, 6) is 1.47. The zero-order valence-corrected chi connectivity index (χ0v) is 13.6. The average molecular weight is 307 g/mol. The number of fused-ring (bicyclic) bond motifs is 1. The number of carbonyl (C=O) groups excluding carboxylic acids is 1. The Kier molecular flexibility index (Phi) is 4.49. The fraction of sp³-hybridized carbons (Fsp3) is 0.750. The Morgan fingerprint density at radius 3 is 3.00 bits per heavy atom. The van der Waals surface area contributed by atoms with E-state index in [-0.39, 0.29) is 11.8 Å². The minimum absolute atomic E-state index is 0.00509. The van der Waals surface area contributed by atoms with Crippen LogP contribution in [0.25, 0.3) is 0 Å². The first-order chi connectivity index (χ1) is 10.5. The number of piperidine rings is 1. The molecule has 0 bridgehead atoms. The lowest BCUT2D eigenvalue weighted by Gasteiger charge is -2.43. The molecule has 0 radical (unpaired) electrons. The summed E-state index contributed by atoms with van der Waals surface area (Å²) in [7, 11) is 3.63. The number of aryl methyl sites for hydroxylation is 1. The molecular weight excluding hydrogens is 282 g/mol. The standard InChI is InChI=1S/C16H25N3O3/c1-11-6-14(17-22-11)9-19-5-4-15-12(8-19)7-13(10-21-15)16(20)18(2)3/h6,12-13,15H,4-5,7-10H2,1-3H3/t12-,13-,15+/m1/s1. The van der Waals surface area contributed by atoms with Gasteiger partial charge in [-0.05, 0) is 25.7 Å². The summed E-state index contributed by atoms with van der Waals surface area (Å²) in [5.41, 5.74) is 0.980. The molecule has 2 fully saturated rings. The van der Waals surface area contributed by atoms with Crippen molar-refractivity contribution in [1.82, 2.24) is 15.0 Å². The van der Waals surface area contributed by atoms with Gasteiger partial charge in [0, 0.05) is 39.8 Å². The highest BCUT2D eigenvalue weighted by molar-refractivity contribution is 5.78. The maximum absolute atomic E-state index is 12.2. The van der Waals surface area contributed by atoms with Crippen LogP contribution in [0.4, 0.5) is 0 Å². The highest BCUT2D eigenvalue weighted by Gasteiger charge is 2.38. The van der Waals surface area contributed by atoms with Crippen molar-refractivity contribution in [3.8, 4) is 0 Å². The molecule has 2 aliphatic heterocycles. The first-order valence-corrected chi connectivity index (χ1v) is 8.00. The summed E-state index contributed by atoms with van der Waals surface area (Å²) < 4.78 is 11.1. The molecule has 0 spiro atoms. The number of ether oxygens (including phenoxy) is 1. The van der Waals surface area contributed by atoms with Gasteiger partial charge in [0.15, 0.2) is 0 Å². The molecular formula is C16H25N3O3. The molecule has 2 saturated heterocycles. The highest BCUT2D eigenvalue weighted by atomic mass is 16.5. The Labute approximate surface area is 131 Å². The molecule has 1 amide bonds. The lowest BCUT2D eigenvalue weighted by molar-refractivity contribution is -0.146. The predicted octanol–water partition coefficient (Wildman–Crippen LogP) is 1.30.